The van der Waals surface area contributed by atoms with E-state index in [9.17, 15) is 4.79 Å². The van der Waals surface area contributed by atoms with E-state index in [-0.39, 0.29) is 10.9 Å². The van der Waals surface area contributed by atoms with Crippen LogP contribution < -0.4 is 11.1 Å². The molecular formula is C3H3N3OS. The van der Waals surface area contributed by atoms with Crippen molar-refractivity contribution >= 4 is 29.1 Å². The second-order valence-electron chi connectivity index (χ2n) is 1.26. The van der Waals surface area contributed by atoms with Crippen molar-refractivity contribution in [1.82, 2.24) is 5.32 Å². The molecule has 0 aromatic carbocycles. The predicted octanol–water partition coefficient (Wildman–Crippen LogP) is -1.24. The van der Waals surface area contributed by atoms with Crippen molar-refractivity contribution in [3.63, 3.8) is 0 Å². The maximum absolute atomic E-state index is 10.3. The first-order valence-electron chi connectivity index (χ1n) is 1.89. The number of guanidine groups is 1. The van der Waals surface area contributed by atoms with Crippen LogP contribution in [0.5, 0.6) is 0 Å². The van der Waals surface area contributed by atoms with Crippen LogP contribution in [-0.4, -0.2) is 16.9 Å². The summed E-state index contributed by atoms with van der Waals surface area (Å²) in [4.78, 5) is 13.8. The largest absolute Gasteiger partial charge is 0.369 e. The second-order valence-corrected chi connectivity index (χ2v) is 1.64. The van der Waals surface area contributed by atoms with Crippen LogP contribution in [0, 0.1) is 0 Å². The molecule has 0 unspecified atom stereocenters. The lowest BCUT2D eigenvalue weighted by Crippen LogP contribution is -2.31. The summed E-state index contributed by atoms with van der Waals surface area (Å²) in [6, 6.07) is 0. The van der Waals surface area contributed by atoms with E-state index in [0.29, 0.717) is 0 Å². The fraction of sp³-hybridized carbons (Fsp3) is 0. The average molecular weight is 129 g/mol. The quantitative estimate of drug-likeness (QED) is 0.402. The molecule has 0 spiro atoms. The van der Waals surface area contributed by atoms with Gasteiger partial charge >= 0.3 is 0 Å². The van der Waals surface area contributed by atoms with Crippen molar-refractivity contribution < 1.29 is 4.79 Å². The van der Waals surface area contributed by atoms with Gasteiger partial charge in [0.2, 0.25) is 5.96 Å². The Morgan fingerprint density at radius 2 is 2.38 bits per heavy atom. The monoisotopic (exact) mass is 129 g/mol. The van der Waals surface area contributed by atoms with Crippen LogP contribution in [0.2, 0.25) is 0 Å². The van der Waals surface area contributed by atoms with Gasteiger partial charge in [-0.05, 0) is 0 Å². The topological polar surface area (TPSA) is 67.5 Å². The molecule has 1 rings (SSSR count). The minimum atomic E-state index is -0.391. The summed E-state index contributed by atoms with van der Waals surface area (Å²) in [5.41, 5.74) is 5.05. The van der Waals surface area contributed by atoms with Gasteiger partial charge in [0.25, 0.3) is 5.91 Å². The number of aliphatic imine (C=N–C) groups is 1. The third-order valence-electron chi connectivity index (χ3n) is 0.658. The predicted molar refractivity (Wildman–Crippen MR) is 32.4 cm³/mol. The van der Waals surface area contributed by atoms with Gasteiger partial charge in [-0.3, -0.25) is 10.1 Å². The number of nitrogens with zero attached hydrogens (tertiary/aromatic N) is 1. The molecule has 0 fully saturated rings. The van der Waals surface area contributed by atoms with E-state index >= 15 is 0 Å². The summed E-state index contributed by atoms with van der Waals surface area (Å²) in [6.07, 6.45) is 0. The number of amides is 1. The van der Waals surface area contributed by atoms with Gasteiger partial charge in [0, 0.05) is 0 Å². The summed E-state index contributed by atoms with van der Waals surface area (Å²) in [5, 5.41) is 2.21. The maximum atomic E-state index is 10.3. The average Bonchev–Trinajstić information content (AvgIpc) is 1.85. The highest BCUT2D eigenvalue weighted by atomic mass is 32.1. The molecule has 0 aliphatic carbocycles. The number of hydrogen-bond donors (Lipinski definition) is 2. The van der Waals surface area contributed by atoms with Crippen LogP contribution in [0.15, 0.2) is 4.99 Å². The molecule has 0 radical (unpaired) electrons. The van der Waals surface area contributed by atoms with Gasteiger partial charge < -0.3 is 5.73 Å². The van der Waals surface area contributed by atoms with E-state index in [1.54, 1.807) is 0 Å². The molecule has 8 heavy (non-hydrogen) atoms. The van der Waals surface area contributed by atoms with E-state index in [1.165, 1.54) is 0 Å². The molecule has 1 heterocycles. The fourth-order valence-corrected chi connectivity index (χ4v) is 0.507. The van der Waals surface area contributed by atoms with Gasteiger partial charge in [-0.15, -0.1) is 0 Å². The molecule has 0 aromatic rings. The lowest BCUT2D eigenvalue weighted by atomic mass is 10.6. The number of hydrogen-bond acceptors (Lipinski definition) is 3. The summed E-state index contributed by atoms with van der Waals surface area (Å²) in [7, 11) is 0. The minimum Gasteiger partial charge on any atom is -0.369 e. The third kappa shape index (κ3) is 0.671. The van der Waals surface area contributed by atoms with Crippen LogP contribution in [0.25, 0.3) is 0 Å². The summed E-state index contributed by atoms with van der Waals surface area (Å²) >= 11 is 4.44. The molecule has 0 aromatic heterocycles. The molecule has 42 valence electrons. The number of nitrogens with two attached hydrogens (primary N) is 1. The normalized spacial score (nSPS) is 18.2. The number of carbonyl (C=O) groups excluding carboxylic acids is 1. The van der Waals surface area contributed by atoms with E-state index in [4.69, 9.17) is 5.73 Å². The van der Waals surface area contributed by atoms with Gasteiger partial charge in [-0.1, -0.05) is 12.2 Å². The zero-order chi connectivity index (χ0) is 6.15. The molecule has 5 heteroatoms. The number of rotatable bonds is 0. The van der Waals surface area contributed by atoms with Gasteiger partial charge in [-0.25, -0.2) is 0 Å². The highest BCUT2D eigenvalue weighted by Gasteiger charge is 2.15. The van der Waals surface area contributed by atoms with Crippen LogP contribution in [0.1, 0.15) is 0 Å². The van der Waals surface area contributed by atoms with Crippen LogP contribution >= 0.6 is 12.2 Å². The van der Waals surface area contributed by atoms with E-state index in [0.717, 1.165) is 0 Å². The molecular weight excluding hydrogens is 126 g/mol. The molecule has 3 N–H and O–H groups in total. The summed E-state index contributed by atoms with van der Waals surface area (Å²) < 4.78 is 0. The Morgan fingerprint density at radius 3 is 2.50 bits per heavy atom. The number of nitrogens with one attached hydrogen (secondary N) is 1. The van der Waals surface area contributed by atoms with Crippen molar-refractivity contribution in [3.05, 3.63) is 0 Å². The SMILES string of the molecule is NC1=NC(=S)C(=O)N1. The summed E-state index contributed by atoms with van der Waals surface area (Å²) in [6.45, 7) is 0. The molecule has 0 atom stereocenters. The first kappa shape index (κ1) is 5.17. The lowest BCUT2D eigenvalue weighted by molar-refractivity contribution is -0.113. The highest BCUT2D eigenvalue weighted by molar-refractivity contribution is 7.82. The van der Waals surface area contributed by atoms with Gasteiger partial charge in [-0.2, -0.15) is 4.99 Å². The maximum Gasteiger partial charge on any atom is 0.287 e. The van der Waals surface area contributed by atoms with Crippen LogP contribution in [0.4, 0.5) is 0 Å². The zero-order valence-corrected chi connectivity index (χ0v) is 4.66. The Bertz CT molecular complexity index is 185. The third-order valence-corrected chi connectivity index (χ3v) is 0.935. The zero-order valence-electron chi connectivity index (χ0n) is 3.84. The molecule has 1 aliphatic rings. The van der Waals surface area contributed by atoms with Crippen LogP contribution in [-0.2, 0) is 4.79 Å². The van der Waals surface area contributed by atoms with Gasteiger partial charge in [0.15, 0.2) is 4.99 Å². The van der Waals surface area contributed by atoms with E-state index < -0.39 is 5.91 Å². The van der Waals surface area contributed by atoms with Crippen molar-refractivity contribution in [2.45, 2.75) is 0 Å². The fourth-order valence-electron chi connectivity index (χ4n) is 0.358. The van der Waals surface area contributed by atoms with Crippen molar-refractivity contribution in [1.29, 1.82) is 0 Å². The standard InChI is InChI=1S/C3H3N3OS/c4-3-5-1(7)2(8)6-3/h(H3,4,5,6,7,8). The first-order chi connectivity index (χ1) is 3.70. The highest BCUT2D eigenvalue weighted by Crippen LogP contribution is 1.86. The number of carbonyl (C=O) groups is 1. The Kier molecular flexibility index (Phi) is 0.980. The molecule has 0 saturated heterocycles. The van der Waals surface area contributed by atoms with Crippen LogP contribution in [0.3, 0.4) is 0 Å². The second kappa shape index (κ2) is 1.52. The van der Waals surface area contributed by atoms with Crippen molar-refractivity contribution in [3.8, 4) is 0 Å². The number of thiocarbonyl (C=S) groups is 1. The van der Waals surface area contributed by atoms with E-state index in [2.05, 4.69) is 22.5 Å². The van der Waals surface area contributed by atoms with Crippen molar-refractivity contribution in [2.24, 2.45) is 10.7 Å². The lowest BCUT2D eigenvalue weighted by Gasteiger charge is -1.84. The first-order valence-corrected chi connectivity index (χ1v) is 2.30. The van der Waals surface area contributed by atoms with Gasteiger partial charge in [0.1, 0.15) is 0 Å². The van der Waals surface area contributed by atoms with Crippen molar-refractivity contribution in [2.75, 3.05) is 0 Å². The molecule has 0 bridgehead atoms. The minimum absolute atomic E-state index is 0.00231. The molecule has 1 amide bonds. The summed E-state index contributed by atoms with van der Waals surface area (Å²) in [5.74, 6) is -0.308. The molecule has 1 aliphatic heterocycles. The molecule has 4 nitrogen and oxygen atoms in total. The molecule has 0 saturated carbocycles. The Hall–Kier alpha value is -0.970. The smallest absolute Gasteiger partial charge is 0.287 e. The Balaban J connectivity index is 2.85. The Labute approximate surface area is 50.8 Å². The van der Waals surface area contributed by atoms with E-state index in [1.807, 2.05) is 0 Å². The Morgan fingerprint density at radius 1 is 1.75 bits per heavy atom. The van der Waals surface area contributed by atoms with Gasteiger partial charge in [0.05, 0.1) is 0 Å².